The van der Waals surface area contributed by atoms with Crippen LogP contribution in [-0.4, -0.2) is 36.5 Å². The van der Waals surface area contributed by atoms with E-state index in [1.54, 1.807) is 0 Å². The van der Waals surface area contributed by atoms with E-state index in [4.69, 9.17) is 0 Å². The summed E-state index contributed by atoms with van der Waals surface area (Å²) in [6.07, 6.45) is 0. The number of carbonyl (C=O) groups is 3. The second kappa shape index (κ2) is 5.89. The lowest BCUT2D eigenvalue weighted by Gasteiger charge is -2.28. The predicted molar refractivity (Wildman–Crippen MR) is 59.9 cm³/mol. The van der Waals surface area contributed by atoms with Gasteiger partial charge in [-0.3, -0.25) is 14.4 Å². The van der Waals surface area contributed by atoms with Crippen molar-refractivity contribution in [2.24, 2.45) is 5.41 Å². The first kappa shape index (κ1) is 15.0. The molecule has 0 aliphatic heterocycles. The lowest BCUT2D eigenvalue weighted by Crippen LogP contribution is -2.42. The minimum atomic E-state index is -1.11. The lowest BCUT2D eigenvalue weighted by molar-refractivity contribution is -0.156. The fourth-order valence-corrected chi connectivity index (χ4v) is 2.05. The third kappa shape index (κ3) is 3.52. The monoisotopic (exact) mass is 248 g/mol. The minimum Gasteiger partial charge on any atom is -0.469 e. The molecule has 92 valence electrons. The topological polar surface area (TPSA) is 69.7 Å². The standard InChI is InChI=1S/C10H16O5S/c1-6(11)16-7(8(12)14-4)10(2,3)9(13)15-5/h7H,1-5H3. The van der Waals surface area contributed by atoms with E-state index in [-0.39, 0.29) is 5.12 Å². The van der Waals surface area contributed by atoms with Crippen molar-refractivity contribution in [3.8, 4) is 0 Å². The van der Waals surface area contributed by atoms with E-state index in [2.05, 4.69) is 9.47 Å². The highest BCUT2D eigenvalue weighted by Crippen LogP contribution is 2.33. The number of thioether (sulfide) groups is 1. The van der Waals surface area contributed by atoms with Crippen LogP contribution in [0.2, 0.25) is 0 Å². The van der Waals surface area contributed by atoms with Gasteiger partial charge in [0, 0.05) is 6.92 Å². The van der Waals surface area contributed by atoms with Crippen LogP contribution in [0.3, 0.4) is 0 Å². The van der Waals surface area contributed by atoms with Gasteiger partial charge in [-0.1, -0.05) is 11.8 Å². The van der Waals surface area contributed by atoms with Gasteiger partial charge in [-0.2, -0.15) is 0 Å². The fraction of sp³-hybridized carbons (Fsp3) is 0.700. The molecule has 0 spiro atoms. The highest BCUT2D eigenvalue weighted by atomic mass is 32.2. The average molecular weight is 248 g/mol. The van der Waals surface area contributed by atoms with Crippen molar-refractivity contribution in [2.45, 2.75) is 26.0 Å². The highest BCUT2D eigenvalue weighted by Gasteiger charge is 2.44. The first-order valence-electron chi connectivity index (χ1n) is 4.60. The Morgan fingerprint density at radius 3 is 1.94 bits per heavy atom. The zero-order valence-electron chi connectivity index (χ0n) is 10.0. The first-order valence-corrected chi connectivity index (χ1v) is 5.48. The number of methoxy groups -OCH3 is 2. The van der Waals surface area contributed by atoms with E-state index in [9.17, 15) is 14.4 Å². The van der Waals surface area contributed by atoms with Gasteiger partial charge in [-0.05, 0) is 13.8 Å². The minimum absolute atomic E-state index is 0.257. The zero-order chi connectivity index (χ0) is 12.9. The van der Waals surface area contributed by atoms with E-state index in [0.29, 0.717) is 0 Å². The Labute approximate surface area is 98.9 Å². The molecule has 0 aromatic carbocycles. The predicted octanol–water partition coefficient (Wildman–Crippen LogP) is 1.01. The molecule has 0 saturated heterocycles. The summed E-state index contributed by atoms with van der Waals surface area (Å²) in [4.78, 5) is 34.1. The van der Waals surface area contributed by atoms with Crippen LogP contribution in [0.5, 0.6) is 0 Å². The Morgan fingerprint density at radius 2 is 1.62 bits per heavy atom. The van der Waals surface area contributed by atoms with Crippen molar-refractivity contribution in [1.29, 1.82) is 0 Å². The van der Waals surface area contributed by atoms with Gasteiger partial charge < -0.3 is 9.47 Å². The first-order chi connectivity index (χ1) is 7.27. The molecule has 1 atom stereocenters. The van der Waals surface area contributed by atoms with Gasteiger partial charge in [0.1, 0.15) is 5.25 Å². The summed E-state index contributed by atoms with van der Waals surface area (Å²) in [5, 5.41) is -1.16. The smallest absolute Gasteiger partial charge is 0.320 e. The molecule has 0 aliphatic carbocycles. The van der Waals surface area contributed by atoms with Crippen molar-refractivity contribution >= 4 is 28.8 Å². The summed E-state index contributed by atoms with van der Waals surface area (Å²) >= 11 is 0.769. The Bertz CT molecular complexity index is 298. The molecule has 0 rings (SSSR count). The number of hydrogen-bond donors (Lipinski definition) is 0. The van der Waals surface area contributed by atoms with Gasteiger partial charge >= 0.3 is 11.9 Å². The SMILES string of the molecule is COC(=O)C(SC(C)=O)C(C)(C)C(=O)OC. The summed E-state index contributed by atoms with van der Waals surface area (Å²) in [6, 6.07) is 0. The second-order valence-electron chi connectivity index (χ2n) is 3.73. The molecule has 1 unspecified atom stereocenters. The molecule has 0 amide bonds. The molecule has 0 aromatic rings. The second-order valence-corrected chi connectivity index (χ2v) is 5.01. The van der Waals surface area contributed by atoms with Crippen molar-refractivity contribution in [3.63, 3.8) is 0 Å². The maximum absolute atomic E-state index is 11.5. The molecule has 0 saturated carbocycles. The number of hydrogen-bond acceptors (Lipinski definition) is 6. The van der Waals surface area contributed by atoms with Crippen LogP contribution in [-0.2, 0) is 23.9 Å². The molecular weight excluding hydrogens is 232 g/mol. The Balaban J connectivity index is 5.08. The van der Waals surface area contributed by atoms with Crippen LogP contribution in [0.4, 0.5) is 0 Å². The van der Waals surface area contributed by atoms with Gasteiger partial charge in [-0.15, -0.1) is 0 Å². The average Bonchev–Trinajstić information content (AvgIpc) is 2.23. The molecule has 0 aromatic heterocycles. The molecule has 6 heteroatoms. The maximum atomic E-state index is 11.5. The molecule has 0 bridgehead atoms. The normalized spacial score (nSPS) is 12.8. The summed E-state index contributed by atoms with van der Waals surface area (Å²) in [6.45, 7) is 4.40. The molecule has 0 aliphatic rings. The van der Waals surface area contributed by atoms with Crippen LogP contribution in [0.1, 0.15) is 20.8 Å². The molecule has 16 heavy (non-hydrogen) atoms. The number of rotatable bonds is 4. The van der Waals surface area contributed by atoms with Crippen LogP contribution < -0.4 is 0 Å². The van der Waals surface area contributed by atoms with E-state index in [1.807, 2.05) is 0 Å². The Hall–Kier alpha value is -1.04. The van der Waals surface area contributed by atoms with E-state index in [1.165, 1.54) is 35.0 Å². The van der Waals surface area contributed by atoms with Gasteiger partial charge in [0.2, 0.25) is 0 Å². The van der Waals surface area contributed by atoms with Gasteiger partial charge in [0.25, 0.3) is 0 Å². The van der Waals surface area contributed by atoms with Crippen LogP contribution in [0.25, 0.3) is 0 Å². The highest BCUT2D eigenvalue weighted by molar-refractivity contribution is 8.14. The fourth-order valence-electron chi connectivity index (χ4n) is 1.13. The van der Waals surface area contributed by atoms with Crippen molar-refractivity contribution in [3.05, 3.63) is 0 Å². The third-order valence-electron chi connectivity index (χ3n) is 2.07. The van der Waals surface area contributed by atoms with Crippen molar-refractivity contribution in [2.75, 3.05) is 14.2 Å². The van der Waals surface area contributed by atoms with Gasteiger partial charge in [-0.25, -0.2) is 0 Å². The molecule has 5 nitrogen and oxygen atoms in total. The molecular formula is C10H16O5S. The van der Waals surface area contributed by atoms with E-state index in [0.717, 1.165) is 11.8 Å². The summed E-state index contributed by atoms with van der Waals surface area (Å²) in [5.74, 6) is -1.17. The van der Waals surface area contributed by atoms with E-state index < -0.39 is 22.6 Å². The van der Waals surface area contributed by atoms with Crippen LogP contribution in [0, 0.1) is 5.41 Å². The van der Waals surface area contributed by atoms with E-state index >= 15 is 0 Å². The maximum Gasteiger partial charge on any atom is 0.320 e. The van der Waals surface area contributed by atoms with Gasteiger partial charge in [0.15, 0.2) is 5.12 Å². The Kier molecular flexibility index (Phi) is 5.50. The zero-order valence-corrected chi connectivity index (χ0v) is 10.8. The molecule has 0 N–H and O–H groups in total. The van der Waals surface area contributed by atoms with Crippen molar-refractivity contribution < 1.29 is 23.9 Å². The number of ether oxygens (including phenoxy) is 2. The number of esters is 2. The van der Waals surface area contributed by atoms with Crippen molar-refractivity contribution in [1.82, 2.24) is 0 Å². The van der Waals surface area contributed by atoms with Gasteiger partial charge in [0.05, 0.1) is 19.6 Å². The number of carbonyl (C=O) groups excluding carboxylic acids is 3. The molecule has 0 radical (unpaired) electrons. The quantitative estimate of drug-likeness (QED) is 0.691. The Morgan fingerprint density at radius 1 is 1.12 bits per heavy atom. The third-order valence-corrected chi connectivity index (χ3v) is 3.42. The van der Waals surface area contributed by atoms with Crippen LogP contribution >= 0.6 is 11.8 Å². The summed E-state index contributed by atoms with van der Waals surface area (Å²) < 4.78 is 9.18. The molecule has 0 fully saturated rings. The largest absolute Gasteiger partial charge is 0.469 e. The van der Waals surface area contributed by atoms with Crippen LogP contribution in [0.15, 0.2) is 0 Å². The summed E-state index contributed by atoms with van der Waals surface area (Å²) in [5.41, 5.74) is -1.11. The lowest BCUT2D eigenvalue weighted by atomic mass is 9.89. The summed E-state index contributed by atoms with van der Waals surface area (Å²) in [7, 11) is 2.44. The molecule has 0 heterocycles.